The van der Waals surface area contributed by atoms with Crippen LogP contribution in [0.3, 0.4) is 0 Å². The Labute approximate surface area is 141 Å². The van der Waals surface area contributed by atoms with Crippen LogP contribution in [0.25, 0.3) is 0 Å². The van der Waals surface area contributed by atoms with E-state index in [1.54, 1.807) is 24.3 Å². The Morgan fingerprint density at radius 1 is 0.609 bits per heavy atom. The normalized spacial score (nSPS) is 10.0. The molecule has 0 unspecified atom stereocenters. The van der Waals surface area contributed by atoms with Crippen LogP contribution in [-0.2, 0) is 5.41 Å². The third kappa shape index (κ3) is 7.23. The van der Waals surface area contributed by atoms with E-state index >= 15 is 0 Å². The molecule has 2 aromatic carbocycles. The predicted molar refractivity (Wildman–Crippen MR) is 100 cm³/mol. The van der Waals surface area contributed by atoms with Crippen molar-refractivity contribution in [1.29, 1.82) is 0 Å². The van der Waals surface area contributed by atoms with Crippen molar-refractivity contribution in [3.8, 4) is 11.5 Å². The van der Waals surface area contributed by atoms with E-state index in [0.29, 0.717) is 0 Å². The number of aromatic hydroxyl groups is 2. The zero-order valence-electron chi connectivity index (χ0n) is 15.4. The molecule has 0 amide bonds. The van der Waals surface area contributed by atoms with Gasteiger partial charge in [0.25, 0.3) is 0 Å². The van der Waals surface area contributed by atoms with Gasteiger partial charge in [-0.15, -0.1) is 0 Å². The molecule has 0 aromatic heterocycles. The molecule has 0 aliphatic carbocycles. The summed E-state index contributed by atoms with van der Waals surface area (Å²) in [6.07, 6.45) is 2.50. The molecule has 0 saturated heterocycles. The minimum Gasteiger partial charge on any atom is -0.508 e. The van der Waals surface area contributed by atoms with E-state index < -0.39 is 0 Å². The van der Waals surface area contributed by atoms with Gasteiger partial charge in [0.2, 0.25) is 0 Å². The summed E-state index contributed by atoms with van der Waals surface area (Å²) in [6, 6.07) is 14.4. The fraction of sp³-hybridized carbons (Fsp3) is 0.429. The van der Waals surface area contributed by atoms with Crippen LogP contribution in [0.15, 0.2) is 48.5 Å². The molecule has 0 aliphatic rings. The van der Waals surface area contributed by atoms with Crippen molar-refractivity contribution in [3.63, 3.8) is 0 Å². The fourth-order valence-corrected chi connectivity index (χ4v) is 1.92. The van der Waals surface area contributed by atoms with Gasteiger partial charge in [-0.3, -0.25) is 0 Å². The second kappa shape index (κ2) is 10.7. The largest absolute Gasteiger partial charge is 0.508 e. The molecule has 0 bridgehead atoms. The Balaban J connectivity index is 0.000000704. The number of phenolic OH excluding ortho intramolecular Hbond substituents is 2. The summed E-state index contributed by atoms with van der Waals surface area (Å²) in [7, 11) is 0. The lowest BCUT2D eigenvalue weighted by Gasteiger charge is -2.26. The quantitative estimate of drug-likeness (QED) is 0.686. The second-order valence-electron chi connectivity index (χ2n) is 6.13. The topological polar surface area (TPSA) is 40.5 Å². The molecule has 0 fully saturated rings. The molecule has 23 heavy (non-hydrogen) atoms. The van der Waals surface area contributed by atoms with E-state index in [-0.39, 0.29) is 16.9 Å². The Bertz CT molecular complexity index is 475. The summed E-state index contributed by atoms with van der Waals surface area (Å²) in [5.41, 5.74) is 2.10. The summed E-state index contributed by atoms with van der Waals surface area (Å²) >= 11 is 0. The van der Waals surface area contributed by atoms with Crippen molar-refractivity contribution < 1.29 is 10.2 Å². The van der Waals surface area contributed by atoms with E-state index in [1.165, 1.54) is 12.8 Å². The van der Waals surface area contributed by atoms with Gasteiger partial charge in [0.05, 0.1) is 0 Å². The molecule has 2 N–H and O–H groups in total. The number of hydrogen-bond acceptors (Lipinski definition) is 2. The summed E-state index contributed by atoms with van der Waals surface area (Å²) < 4.78 is 0. The summed E-state index contributed by atoms with van der Waals surface area (Å²) in [4.78, 5) is 0. The maximum atomic E-state index is 9.30. The van der Waals surface area contributed by atoms with Crippen LogP contribution in [-0.4, -0.2) is 10.2 Å². The fourth-order valence-electron chi connectivity index (χ4n) is 1.92. The van der Waals surface area contributed by atoms with E-state index in [1.807, 2.05) is 24.3 Å². The van der Waals surface area contributed by atoms with Crippen molar-refractivity contribution in [2.75, 3.05) is 0 Å². The number of phenols is 2. The van der Waals surface area contributed by atoms with Gasteiger partial charge in [0.15, 0.2) is 0 Å². The van der Waals surface area contributed by atoms with Crippen LogP contribution in [0, 0.1) is 0 Å². The van der Waals surface area contributed by atoms with Gasteiger partial charge in [-0.05, 0) is 35.4 Å². The third-order valence-electron chi connectivity index (χ3n) is 3.18. The van der Waals surface area contributed by atoms with Gasteiger partial charge >= 0.3 is 0 Å². The zero-order chi connectivity index (χ0) is 17.9. The van der Waals surface area contributed by atoms with Crippen molar-refractivity contribution in [2.45, 2.75) is 59.8 Å². The van der Waals surface area contributed by atoms with Gasteiger partial charge in [0, 0.05) is 5.41 Å². The first-order chi connectivity index (χ1) is 10.8. The van der Waals surface area contributed by atoms with Crippen molar-refractivity contribution in [1.82, 2.24) is 0 Å². The highest BCUT2D eigenvalue weighted by molar-refractivity contribution is 5.41. The molecule has 128 valence electrons. The molecule has 0 saturated carbocycles. The molecule has 2 aromatic rings. The van der Waals surface area contributed by atoms with Crippen molar-refractivity contribution in [2.24, 2.45) is 0 Å². The maximum absolute atomic E-state index is 9.30. The van der Waals surface area contributed by atoms with Crippen molar-refractivity contribution in [3.05, 3.63) is 59.7 Å². The summed E-state index contributed by atoms with van der Waals surface area (Å²) in [5.74, 6) is 0.547. The molecular weight excluding hydrogens is 284 g/mol. The van der Waals surface area contributed by atoms with Crippen LogP contribution < -0.4 is 0 Å². The predicted octanol–water partition coefficient (Wildman–Crippen LogP) is 6.26. The minimum absolute atomic E-state index is 0.151. The van der Waals surface area contributed by atoms with E-state index in [0.717, 1.165) is 11.1 Å². The molecule has 0 atom stereocenters. The van der Waals surface area contributed by atoms with E-state index in [2.05, 4.69) is 41.5 Å². The van der Waals surface area contributed by atoms with Crippen LogP contribution >= 0.6 is 0 Å². The highest BCUT2D eigenvalue weighted by Crippen LogP contribution is 2.32. The monoisotopic (exact) mass is 316 g/mol. The SMILES string of the molecule is CC(C)(c1ccc(O)cc1)c1ccc(O)cc1.CCC.CCC. The van der Waals surface area contributed by atoms with Crippen molar-refractivity contribution >= 4 is 0 Å². The molecule has 2 nitrogen and oxygen atoms in total. The standard InChI is InChI=1S/C15H16O2.2C3H8/c1-15(2,11-3-7-13(16)8-4-11)12-5-9-14(17)10-6-12;2*1-3-2/h3-10,16-17H,1-2H3;2*3H2,1-2H3. The van der Waals surface area contributed by atoms with Crippen LogP contribution in [0.1, 0.15) is 65.5 Å². The van der Waals surface area contributed by atoms with Crippen LogP contribution in [0.2, 0.25) is 0 Å². The molecule has 0 radical (unpaired) electrons. The molecule has 0 heterocycles. The summed E-state index contributed by atoms with van der Waals surface area (Å²) in [5, 5.41) is 18.6. The Morgan fingerprint density at radius 2 is 0.826 bits per heavy atom. The number of benzene rings is 2. The summed E-state index contributed by atoms with van der Waals surface area (Å²) in [6.45, 7) is 12.7. The lowest BCUT2D eigenvalue weighted by Crippen LogP contribution is -2.18. The molecule has 0 aliphatic heterocycles. The maximum Gasteiger partial charge on any atom is 0.115 e. The second-order valence-corrected chi connectivity index (χ2v) is 6.13. The first-order valence-corrected chi connectivity index (χ1v) is 8.42. The lowest BCUT2D eigenvalue weighted by molar-refractivity contribution is 0.474. The molecular formula is C21H32O2. The highest BCUT2D eigenvalue weighted by atomic mass is 16.3. The average molecular weight is 316 g/mol. The lowest BCUT2D eigenvalue weighted by atomic mass is 9.78. The van der Waals surface area contributed by atoms with Crippen LogP contribution in [0.4, 0.5) is 0 Å². The molecule has 0 spiro atoms. The zero-order valence-corrected chi connectivity index (χ0v) is 15.4. The van der Waals surface area contributed by atoms with Gasteiger partial charge in [-0.25, -0.2) is 0 Å². The first kappa shape index (κ1) is 21.0. The van der Waals surface area contributed by atoms with E-state index in [4.69, 9.17) is 0 Å². The smallest absolute Gasteiger partial charge is 0.115 e. The first-order valence-electron chi connectivity index (χ1n) is 8.42. The Morgan fingerprint density at radius 3 is 1.04 bits per heavy atom. The Kier molecular flexibility index (Phi) is 9.80. The van der Waals surface area contributed by atoms with Gasteiger partial charge in [-0.2, -0.15) is 0 Å². The Hall–Kier alpha value is -1.96. The van der Waals surface area contributed by atoms with Crippen LogP contribution in [0.5, 0.6) is 11.5 Å². The van der Waals surface area contributed by atoms with Gasteiger partial charge in [0.1, 0.15) is 11.5 Å². The molecule has 2 rings (SSSR count). The highest BCUT2D eigenvalue weighted by Gasteiger charge is 2.22. The minimum atomic E-state index is -0.151. The van der Waals surface area contributed by atoms with E-state index in [9.17, 15) is 10.2 Å². The molecule has 2 heteroatoms. The number of rotatable bonds is 2. The average Bonchev–Trinajstić information content (AvgIpc) is 2.50. The van der Waals surface area contributed by atoms with Gasteiger partial charge in [-0.1, -0.05) is 78.6 Å². The number of hydrogen-bond donors (Lipinski definition) is 2. The third-order valence-corrected chi connectivity index (χ3v) is 3.18. The van der Waals surface area contributed by atoms with Gasteiger partial charge < -0.3 is 10.2 Å².